The van der Waals surface area contributed by atoms with E-state index in [0.717, 1.165) is 21.3 Å². The third kappa shape index (κ3) is 1.66. The molecule has 4 heteroatoms. The van der Waals surface area contributed by atoms with Crippen molar-refractivity contribution in [2.75, 3.05) is 6.54 Å². The fraction of sp³-hybridized carbons (Fsp3) is 0.417. The predicted octanol–water partition coefficient (Wildman–Crippen LogP) is 2.57. The highest BCUT2D eigenvalue weighted by atomic mass is 79.9. The molecule has 1 aromatic heterocycles. The molecule has 86 valence electrons. The van der Waals surface area contributed by atoms with Crippen LogP contribution in [0.2, 0.25) is 0 Å². The standard InChI is InChI=1S/C12H16BrN3/c1-12(2,7-14)11-15-9-6-4-5-8(13)10(9)16(11)3/h4-6H,7,14H2,1-3H3. The van der Waals surface area contributed by atoms with E-state index in [1.165, 1.54) is 0 Å². The van der Waals surface area contributed by atoms with Crippen LogP contribution in [0.3, 0.4) is 0 Å². The number of aryl methyl sites for hydroxylation is 1. The molecule has 0 amide bonds. The number of rotatable bonds is 2. The van der Waals surface area contributed by atoms with Gasteiger partial charge in [-0.25, -0.2) is 4.98 Å². The Hall–Kier alpha value is -0.870. The van der Waals surface area contributed by atoms with Crippen molar-refractivity contribution >= 4 is 27.0 Å². The molecule has 0 saturated heterocycles. The van der Waals surface area contributed by atoms with E-state index in [1.807, 2.05) is 25.2 Å². The molecule has 2 aromatic rings. The maximum Gasteiger partial charge on any atom is 0.116 e. The number of hydrogen-bond acceptors (Lipinski definition) is 2. The number of aromatic nitrogens is 2. The fourth-order valence-electron chi connectivity index (χ4n) is 1.92. The molecule has 0 bridgehead atoms. The van der Waals surface area contributed by atoms with E-state index in [1.54, 1.807) is 0 Å². The smallest absolute Gasteiger partial charge is 0.116 e. The summed E-state index contributed by atoms with van der Waals surface area (Å²) in [5.41, 5.74) is 7.83. The SMILES string of the molecule is Cn1c(C(C)(C)CN)nc2cccc(Br)c21. The first-order valence-electron chi connectivity index (χ1n) is 5.29. The van der Waals surface area contributed by atoms with Gasteiger partial charge in [-0.1, -0.05) is 19.9 Å². The number of imidazole rings is 1. The second kappa shape index (κ2) is 3.86. The fourth-order valence-corrected chi connectivity index (χ4v) is 2.54. The summed E-state index contributed by atoms with van der Waals surface area (Å²) in [5.74, 6) is 1.02. The first-order valence-corrected chi connectivity index (χ1v) is 6.08. The zero-order valence-electron chi connectivity index (χ0n) is 9.79. The zero-order chi connectivity index (χ0) is 11.9. The highest BCUT2D eigenvalue weighted by molar-refractivity contribution is 9.10. The predicted molar refractivity (Wildman–Crippen MR) is 70.5 cm³/mol. The molecule has 0 spiro atoms. The third-order valence-electron chi connectivity index (χ3n) is 2.96. The molecule has 0 fully saturated rings. The average molecular weight is 282 g/mol. The van der Waals surface area contributed by atoms with Gasteiger partial charge in [-0.3, -0.25) is 0 Å². The van der Waals surface area contributed by atoms with E-state index < -0.39 is 0 Å². The minimum Gasteiger partial charge on any atom is -0.330 e. The Morgan fingerprint density at radius 1 is 1.44 bits per heavy atom. The van der Waals surface area contributed by atoms with Crippen molar-refractivity contribution < 1.29 is 0 Å². The summed E-state index contributed by atoms with van der Waals surface area (Å²) in [7, 11) is 2.03. The van der Waals surface area contributed by atoms with Crippen molar-refractivity contribution in [1.82, 2.24) is 9.55 Å². The van der Waals surface area contributed by atoms with Gasteiger partial charge in [0.15, 0.2) is 0 Å². The summed E-state index contributed by atoms with van der Waals surface area (Å²) in [6.45, 7) is 4.81. The highest BCUT2D eigenvalue weighted by Gasteiger charge is 2.25. The quantitative estimate of drug-likeness (QED) is 0.920. The summed E-state index contributed by atoms with van der Waals surface area (Å²) >= 11 is 3.56. The van der Waals surface area contributed by atoms with Gasteiger partial charge in [-0.05, 0) is 28.1 Å². The topological polar surface area (TPSA) is 43.8 Å². The van der Waals surface area contributed by atoms with E-state index in [2.05, 4.69) is 39.3 Å². The Morgan fingerprint density at radius 2 is 2.12 bits per heavy atom. The first kappa shape index (κ1) is 11.6. The lowest BCUT2D eigenvalue weighted by Gasteiger charge is -2.21. The number of fused-ring (bicyclic) bond motifs is 1. The number of nitrogens with zero attached hydrogens (tertiary/aromatic N) is 2. The Kier molecular flexibility index (Phi) is 2.80. The Bertz CT molecular complexity index is 528. The van der Waals surface area contributed by atoms with Gasteiger partial charge in [0.1, 0.15) is 5.82 Å². The van der Waals surface area contributed by atoms with Crippen LogP contribution in [0, 0.1) is 0 Å². The number of para-hydroxylation sites is 1. The number of nitrogens with two attached hydrogens (primary N) is 1. The minimum atomic E-state index is -0.104. The van der Waals surface area contributed by atoms with Crippen molar-refractivity contribution in [2.24, 2.45) is 12.8 Å². The van der Waals surface area contributed by atoms with Gasteiger partial charge >= 0.3 is 0 Å². The van der Waals surface area contributed by atoms with Gasteiger partial charge in [0.25, 0.3) is 0 Å². The molecule has 0 saturated carbocycles. The highest BCUT2D eigenvalue weighted by Crippen LogP contribution is 2.29. The second-order valence-corrected chi connectivity index (χ2v) is 5.54. The molecule has 2 rings (SSSR count). The van der Waals surface area contributed by atoms with Crippen molar-refractivity contribution in [2.45, 2.75) is 19.3 Å². The largest absolute Gasteiger partial charge is 0.330 e. The summed E-state index contributed by atoms with van der Waals surface area (Å²) in [6, 6.07) is 6.05. The molecule has 3 nitrogen and oxygen atoms in total. The van der Waals surface area contributed by atoms with Gasteiger partial charge in [0, 0.05) is 23.5 Å². The Morgan fingerprint density at radius 3 is 2.69 bits per heavy atom. The molecular weight excluding hydrogens is 266 g/mol. The molecule has 0 aliphatic heterocycles. The van der Waals surface area contributed by atoms with Gasteiger partial charge in [-0.15, -0.1) is 0 Å². The van der Waals surface area contributed by atoms with E-state index in [4.69, 9.17) is 5.73 Å². The van der Waals surface area contributed by atoms with Crippen LogP contribution in [-0.4, -0.2) is 16.1 Å². The van der Waals surface area contributed by atoms with E-state index >= 15 is 0 Å². The van der Waals surface area contributed by atoms with Gasteiger partial charge in [-0.2, -0.15) is 0 Å². The second-order valence-electron chi connectivity index (χ2n) is 4.69. The molecule has 1 heterocycles. The summed E-state index contributed by atoms with van der Waals surface area (Å²) in [6.07, 6.45) is 0. The van der Waals surface area contributed by atoms with Crippen LogP contribution in [-0.2, 0) is 12.5 Å². The summed E-state index contributed by atoms with van der Waals surface area (Å²) in [5, 5.41) is 0. The Labute approximate surface area is 104 Å². The molecule has 2 N–H and O–H groups in total. The molecule has 0 radical (unpaired) electrons. The molecule has 0 aliphatic rings. The monoisotopic (exact) mass is 281 g/mol. The molecule has 1 aromatic carbocycles. The number of hydrogen-bond donors (Lipinski definition) is 1. The van der Waals surface area contributed by atoms with Crippen LogP contribution in [0.15, 0.2) is 22.7 Å². The lowest BCUT2D eigenvalue weighted by atomic mass is 9.93. The van der Waals surface area contributed by atoms with Gasteiger partial charge in [0.05, 0.1) is 11.0 Å². The summed E-state index contributed by atoms with van der Waals surface area (Å²) in [4.78, 5) is 4.67. The molecule has 0 unspecified atom stereocenters. The third-order valence-corrected chi connectivity index (χ3v) is 3.60. The molecule has 0 aliphatic carbocycles. The first-order chi connectivity index (χ1) is 7.47. The van der Waals surface area contributed by atoms with Gasteiger partial charge < -0.3 is 10.3 Å². The van der Waals surface area contributed by atoms with Crippen molar-refractivity contribution in [3.63, 3.8) is 0 Å². The number of benzene rings is 1. The van der Waals surface area contributed by atoms with Crippen LogP contribution >= 0.6 is 15.9 Å². The Balaban J connectivity index is 2.75. The maximum atomic E-state index is 5.80. The van der Waals surface area contributed by atoms with E-state index in [0.29, 0.717) is 6.54 Å². The number of halogens is 1. The van der Waals surface area contributed by atoms with E-state index in [9.17, 15) is 0 Å². The van der Waals surface area contributed by atoms with Crippen molar-refractivity contribution in [3.05, 3.63) is 28.5 Å². The molecule has 0 atom stereocenters. The molecule has 16 heavy (non-hydrogen) atoms. The van der Waals surface area contributed by atoms with Crippen molar-refractivity contribution in [3.8, 4) is 0 Å². The molecular formula is C12H16BrN3. The van der Waals surface area contributed by atoms with E-state index in [-0.39, 0.29) is 5.41 Å². The summed E-state index contributed by atoms with van der Waals surface area (Å²) < 4.78 is 3.19. The normalized spacial score (nSPS) is 12.3. The maximum absolute atomic E-state index is 5.80. The lowest BCUT2D eigenvalue weighted by Crippen LogP contribution is -2.31. The lowest BCUT2D eigenvalue weighted by molar-refractivity contribution is 0.487. The zero-order valence-corrected chi connectivity index (χ0v) is 11.4. The van der Waals surface area contributed by atoms with Crippen LogP contribution in [0.25, 0.3) is 11.0 Å². The van der Waals surface area contributed by atoms with Crippen LogP contribution in [0.5, 0.6) is 0 Å². The van der Waals surface area contributed by atoms with Crippen molar-refractivity contribution in [1.29, 1.82) is 0 Å². The van der Waals surface area contributed by atoms with Crippen LogP contribution in [0.1, 0.15) is 19.7 Å². The van der Waals surface area contributed by atoms with Crippen LogP contribution < -0.4 is 5.73 Å². The average Bonchev–Trinajstić information content (AvgIpc) is 2.58. The minimum absolute atomic E-state index is 0.104. The van der Waals surface area contributed by atoms with Crippen LogP contribution in [0.4, 0.5) is 0 Å². The van der Waals surface area contributed by atoms with Gasteiger partial charge in [0.2, 0.25) is 0 Å².